The van der Waals surface area contributed by atoms with Crippen molar-refractivity contribution >= 4 is 5.91 Å². The molecule has 1 aliphatic rings. The van der Waals surface area contributed by atoms with E-state index in [0.717, 1.165) is 37.5 Å². The van der Waals surface area contributed by atoms with Crippen LogP contribution in [0.25, 0.3) is 22.6 Å². The third-order valence-electron chi connectivity index (χ3n) is 6.06. The molecule has 0 aliphatic carbocycles. The fourth-order valence-electron chi connectivity index (χ4n) is 4.43. The number of aromatic nitrogens is 4. The highest BCUT2D eigenvalue weighted by molar-refractivity contribution is 5.99. The number of carbonyl (C=O) groups excluding carboxylic acids is 1. The molecular weight excluding hydrogens is 459 g/mol. The Kier molecular flexibility index (Phi) is 6.10. The predicted octanol–water partition coefficient (Wildman–Crippen LogP) is 4.79. The molecule has 0 saturated carbocycles. The van der Waals surface area contributed by atoms with E-state index in [-0.39, 0.29) is 40.8 Å². The van der Waals surface area contributed by atoms with Gasteiger partial charge in [-0.2, -0.15) is 5.10 Å². The molecule has 1 amide bonds. The molecule has 180 valence electrons. The molecule has 0 bridgehead atoms. The number of carbonyl (C=O) groups is 1. The zero-order chi connectivity index (χ0) is 24.5. The van der Waals surface area contributed by atoms with Crippen LogP contribution in [-0.2, 0) is 13.5 Å². The Hall–Kier alpha value is -3.95. The maximum atomic E-state index is 13.6. The van der Waals surface area contributed by atoms with E-state index in [1.807, 2.05) is 0 Å². The lowest BCUT2D eigenvalue weighted by Crippen LogP contribution is -2.45. The first kappa shape index (κ1) is 22.8. The normalized spacial score (nSPS) is 16.0. The van der Waals surface area contributed by atoms with Gasteiger partial charge in [0.1, 0.15) is 17.5 Å². The zero-order valence-electron chi connectivity index (χ0n) is 18.9. The molecule has 2 aromatic carbocycles. The van der Waals surface area contributed by atoms with Crippen LogP contribution < -0.4 is 0 Å². The van der Waals surface area contributed by atoms with Gasteiger partial charge in [0.25, 0.3) is 5.91 Å². The van der Waals surface area contributed by atoms with Crippen molar-refractivity contribution in [2.45, 2.75) is 31.7 Å². The summed E-state index contributed by atoms with van der Waals surface area (Å²) in [5.41, 5.74) is 1.75. The number of halogens is 3. The van der Waals surface area contributed by atoms with E-state index in [4.69, 9.17) is 4.42 Å². The Labute approximate surface area is 199 Å². The summed E-state index contributed by atoms with van der Waals surface area (Å²) in [6.07, 6.45) is 4.55. The summed E-state index contributed by atoms with van der Waals surface area (Å²) in [5, 5.41) is 12.4. The zero-order valence-corrected chi connectivity index (χ0v) is 18.9. The summed E-state index contributed by atoms with van der Waals surface area (Å²) < 4.78 is 47.8. The van der Waals surface area contributed by atoms with E-state index >= 15 is 0 Å². The SMILES string of the molecule is Cn1cc(-c2ccc(F)cc2)c(C(=O)N2CCCC[C@H]2Cc2nnc(-c3cc(F)cc(F)c3)o2)n1. The highest BCUT2D eigenvalue weighted by Crippen LogP contribution is 2.29. The first-order valence-corrected chi connectivity index (χ1v) is 11.3. The van der Waals surface area contributed by atoms with Gasteiger partial charge in [0.05, 0.1) is 0 Å². The monoisotopic (exact) mass is 481 g/mol. The first-order chi connectivity index (χ1) is 16.9. The van der Waals surface area contributed by atoms with Gasteiger partial charge < -0.3 is 9.32 Å². The van der Waals surface area contributed by atoms with Gasteiger partial charge in [-0.1, -0.05) is 12.1 Å². The Morgan fingerprint density at radius 3 is 2.49 bits per heavy atom. The molecule has 0 radical (unpaired) electrons. The second kappa shape index (κ2) is 9.36. The number of piperidine rings is 1. The second-order valence-corrected chi connectivity index (χ2v) is 8.58. The van der Waals surface area contributed by atoms with Crippen molar-refractivity contribution in [3.05, 3.63) is 77.7 Å². The molecule has 1 aliphatic heterocycles. The van der Waals surface area contributed by atoms with Crippen LogP contribution in [0.4, 0.5) is 13.2 Å². The minimum Gasteiger partial charge on any atom is -0.421 e. The molecule has 4 aromatic rings. The lowest BCUT2D eigenvalue weighted by atomic mass is 9.97. The van der Waals surface area contributed by atoms with Crippen molar-refractivity contribution in [2.24, 2.45) is 7.05 Å². The minimum atomic E-state index is -0.740. The standard InChI is InChI=1S/C25H22F3N5O2/c1-32-14-21(15-5-7-17(26)8-6-15)23(31-32)25(34)33-9-3-2-4-20(33)13-22-29-30-24(35-22)16-10-18(27)12-19(28)11-16/h5-8,10-12,14,20H,2-4,9,13H2,1H3/t20-/m0/s1. The van der Waals surface area contributed by atoms with E-state index < -0.39 is 11.6 Å². The molecule has 1 fully saturated rings. The number of benzene rings is 2. The van der Waals surface area contributed by atoms with Gasteiger partial charge in [-0.3, -0.25) is 9.48 Å². The van der Waals surface area contributed by atoms with Crippen molar-refractivity contribution in [1.29, 1.82) is 0 Å². The first-order valence-electron chi connectivity index (χ1n) is 11.3. The number of hydrogen-bond donors (Lipinski definition) is 0. The average Bonchev–Trinajstić information content (AvgIpc) is 3.46. The molecule has 35 heavy (non-hydrogen) atoms. The van der Waals surface area contributed by atoms with Crippen LogP contribution in [0, 0.1) is 17.5 Å². The molecule has 5 rings (SSSR count). The van der Waals surface area contributed by atoms with Crippen molar-refractivity contribution < 1.29 is 22.4 Å². The lowest BCUT2D eigenvalue weighted by molar-refractivity contribution is 0.0599. The predicted molar refractivity (Wildman–Crippen MR) is 121 cm³/mol. The van der Waals surface area contributed by atoms with Crippen molar-refractivity contribution in [3.63, 3.8) is 0 Å². The van der Waals surface area contributed by atoms with Crippen LogP contribution in [0.2, 0.25) is 0 Å². The number of aryl methyl sites for hydroxylation is 1. The minimum absolute atomic E-state index is 0.00964. The Bertz CT molecular complexity index is 1350. The summed E-state index contributed by atoms with van der Waals surface area (Å²) >= 11 is 0. The molecule has 3 heterocycles. The van der Waals surface area contributed by atoms with Crippen LogP contribution in [0.3, 0.4) is 0 Å². The van der Waals surface area contributed by atoms with Gasteiger partial charge >= 0.3 is 0 Å². The third-order valence-corrected chi connectivity index (χ3v) is 6.06. The van der Waals surface area contributed by atoms with E-state index in [0.29, 0.717) is 24.1 Å². The molecule has 2 aromatic heterocycles. The molecule has 10 heteroatoms. The Balaban J connectivity index is 1.39. The van der Waals surface area contributed by atoms with Gasteiger partial charge in [-0.05, 0) is 49.1 Å². The largest absolute Gasteiger partial charge is 0.421 e. The topological polar surface area (TPSA) is 77.0 Å². The highest BCUT2D eigenvalue weighted by atomic mass is 19.1. The average molecular weight is 481 g/mol. The fourth-order valence-corrected chi connectivity index (χ4v) is 4.43. The second-order valence-electron chi connectivity index (χ2n) is 8.58. The Morgan fingerprint density at radius 1 is 1.00 bits per heavy atom. The maximum Gasteiger partial charge on any atom is 0.275 e. The van der Waals surface area contributed by atoms with Crippen LogP contribution in [0.15, 0.2) is 53.1 Å². The van der Waals surface area contributed by atoms with E-state index in [2.05, 4.69) is 15.3 Å². The summed E-state index contributed by atoms with van der Waals surface area (Å²) in [6, 6.07) is 8.72. The van der Waals surface area contributed by atoms with Crippen LogP contribution in [0.1, 0.15) is 35.6 Å². The summed E-state index contributed by atoms with van der Waals surface area (Å²) in [6.45, 7) is 0.541. The van der Waals surface area contributed by atoms with Gasteiger partial charge in [-0.15, -0.1) is 10.2 Å². The van der Waals surface area contributed by atoms with Crippen LogP contribution in [0.5, 0.6) is 0 Å². The molecular formula is C25H22F3N5O2. The van der Waals surface area contributed by atoms with Crippen molar-refractivity contribution in [2.75, 3.05) is 6.54 Å². The summed E-state index contributed by atoms with van der Waals surface area (Å²) in [7, 11) is 1.73. The van der Waals surface area contributed by atoms with E-state index in [1.165, 1.54) is 12.1 Å². The van der Waals surface area contributed by atoms with Crippen LogP contribution >= 0.6 is 0 Å². The summed E-state index contributed by atoms with van der Waals surface area (Å²) in [5.74, 6) is -1.79. The number of nitrogens with zero attached hydrogens (tertiary/aromatic N) is 5. The molecule has 0 N–H and O–H groups in total. The number of amides is 1. The van der Waals surface area contributed by atoms with Crippen molar-refractivity contribution in [1.82, 2.24) is 24.9 Å². The van der Waals surface area contributed by atoms with Gasteiger partial charge in [0, 0.05) is 49.4 Å². The van der Waals surface area contributed by atoms with Gasteiger partial charge in [0.2, 0.25) is 11.8 Å². The van der Waals surface area contributed by atoms with E-state index in [1.54, 1.807) is 35.0 Å². The van der Waals surface area contributed by atoms with Gasteiger partial charge in [-0.25, -0.2) is 13.2 Å². The van der Waals surface area contributed by atoms with Crippen LogP contribution in [-0.4, -0.2) is 43.4 Å². The van der Waals surface area contributed by atoms with E-state index in [9.17, 15) is 18.0 Å². The van der Waals surface area contributed by atoms with Crippen molar-refractivity contribution in [3.8, 4) is 22.6 Å². The number of hydrogen-bond acceptors (Lipinski definition) is 5. The molecule has 0 unspecified atom stereocenters. The van der Waals surface area contributed by atoms with Gasteiger partial charge in [0.15, 0.2) is 5.69 Å². The molecule has 7 nitrogen and oxygen atoms in total. The molecule has 1 saturated heterocycles. The highest BCUT2D eigenvalue weighted by Gasteiger charge is 2.32. The molecule has 1 atom stereocenters. The number of rotatable bonds is 5. The lowest BCUT2D eigenvalue weighted by Gasteiger charge is -2.34. The fraction of sp³-hybridized carbons (Fsp3) is 0.280. The third kappa shape index (κ3) is 4.82. The quantitative estimate of drug-likeness (QED) is 0.410. The number of likely N-dealkylation sites (tertiary alicyclic amines) is 1. The smallest absolute Gasteiger partial charge is 0.275 e. The Morgan fingerprint density at radius 2 is 1.74 bits per heavy atom. The summed E-state index contributed by atoms with van der Waals surface area (Å²) in [4.78, 5) is 15.4. The maximum absolute atomic E-state index is 13.6. The molecule has 0 spiro atoms.